The molecule has 0 aliphatic heterocycles. The summed E-state index contributed by atoms with van der Waals surface area (Å²) in [5.41, 5.74) is 0. The molecule has 1 unspecified atom stereocenters. The maximum atomic E-state index is 12.7. The van der Waals surface area contributed by atoms with Crippen LogP contribution in [0.4, 0.5) is 0 Å². The summed E-state index contributed by atoms with van der Waals surface area (Å²) in [4.78, 5) is 22.8. The summed E-state index contributed by atoms with van der Waals surface area (Å²) < 4.78 is 34.6. The van der Waals surface area contributed by atoms with Crippen molar-refractivity contribution in [2.45, 2.75) is 167 Å². The van der Waals surface area contributed by atoms with Crippen LogP contribution in [0.1, 0.15) is 155 Å². The van der Waals surface area contributed by atoms with E-state index in [9.17, 15) is 19.4 Å². The first-order valence-electron chi connectivity index (χ1n) is 21.8. The molecule has 0 heterocycles. The highest BCUT2D eigenvalue weighted by molar-refractivity contribution is 7.47. The fourth-order valence-electron chi connectivity index (χ4n) is 5.37. The van der Waals surface area contributed by atoms with Gasteiger partial charge in [0.25, 0.3) is 0 Å². The molecule has 0 aromatic rings. The Hall–Kier alpha value is -2.26. The number of likely N-dealkylation sites (N-methyl/N-ethyl adjacent to an activating group) is 1. The van der Waals surface area contributed by atoms with E-state index in [-0.39, 0.29) is 32.3 Å². The Morgan fingerprint density at radius 3 is 1.71 bits per heavy atom. The lowest BCUT2D eigenvalue weighted by Gasteiger charge is -2.24. The van der Waals surface area contributed by atoms with E-state index in [1.54, 1.807) is 6.26 Å². The topological polar surface area (TPSA) is 112 Å². The number of ether oxygens (including phenoxy) is 2. The second-order valence-corrected chi connectivity index (χ2v) is 17.0. The van der Waals surface area contributed by atoms with Gasteiger partial charge in [-0.2, -0.15) is 0 Å². The summed E-state index contributed by atoms with van der Waals surface area (Å²) in [6.45, 7) is 4.54. The van der Waals surface area contributed by atoms with Gasteiger partial charge in [0.2, 0.25) is 0 Å². The first-order valence-corrected chi connectivity index (χ1v) is 23.3. The number of quaternary nitrogens is 1. The third-order valence-corrected chi connectivity index (χ3v) is 9.95. The number of aliphatic hydroxyl groups is 1. The molecule has 0 aromatic heterocycles. The smallest absolute Gasteiger partial charge is 0.472 e. The van der Waals surface area contributed by atoms with Crippen molar-refractivity contribution >= 4 is 13.8 Å². The van der Waals surface area contributed by atoms with Crippen LogP contribution >= 0.6 is 7.82 Å². The molecule has 324 valence electrons. The van der Waals surface area contributed by atoms with Crippen LogP contribution in [0.2, 0.25) is 0 Å². The summed E-state index contributed by atoms with van der Waals surface area (Å²) in [6.07, 6.45) is 46.9. The minimum Gasteiger partial charge on any atom is -0.498 e. The Bertz CT molecular complexity index is 1140. The van der Waals surface area contributed by atoms with Gasteiger partial charge in [0.05, 0.1) is 40.1 Å². The van der Waals surface area contributed by atoms with Crippen molar-refractivity contribution in [3.05, 3.63) is 73.1 Å². The molecule has 2 N–H and O–H groups in total. The normalized spacial score (nSPS) is 15.0. The number of allylic oxidation sites excluding steroid dienone is 11. The molecule has 0 saturated heterocycles. The largest absolute Gasteiger partial charge is 0.498 e. The van der Waals surface area contributed by atoms with Crippen molar-refractivity contribution in [3.63, 3.8) is 0 Å². The Balaban J connectivity index is 4.43. The maximum Gasteiger partial charge on any atom is 0.472 e. The van der Waals surface area contributed by atoms with Crippen LogP contribution in [0.3, 0.4) is 0 Å². The molecule has 0 amide bonds. The Labute approximate surface area is 343 Å². The summed E-state index contributed by atoms with van der Waals surface area (Å²) in [5.74, 6) is -0.406. The molecule has 9 nitrogen and oxygen atoms in total. The maximum absolute atomic E-state index is 12.7. The summed E-state index contributed by atoms with van der Waals surface area (Å²) in [6, 6.07) is 0. The van der Waals surface area contributed by atoms with Gasteiger partial charge in [-0.05, 0) is 96.0 Å². The van der Waals surface area contributed by atoms with Crippen molar-refractivity contribution in [2.24, 2.45) is 0 Å². The zero-order valence-electron chi connectivity index (χ0n) is 36.2. The molecule has 0 aliphatic rings. The number of aliphatic hydroxyl groups excluding tert-OH is 1. The molecular weight excluding hydrogens is 725 g/mol. The van der Waals surface area contributed by atoms with E-state index in [0.717, 1.165) is 57.8 Å². The zero-order chi connectivity index (χ0) is 41.4. The van der Waals surface area contributed by atoms with Crippen LogP contribution in [-0.4, -0.2) is 80.2 Å². The number of unbranched alkanes of at least 4 members (excludes halogenated alkanes) is 12. The first kappa shape index (κ1) is 53.7. The molecule has 56 heavy (non-hydrogen) atoms. The van der Waals surface area contributed by atoms with E-state index < -0.39 is 19.9 Å². The van der Waals surface area contributed by atoms with Gasteiger partial charge in [0.1, 0.15) is 19.8 Å². The summed E-state index contributed by atoms with van der Waals surface area (Å²) in [7, 11) is 1.56. The van der Waals surface area contributed by atoms with Crippen molar-refractivity contribution in [1.82, 2.24) is 0 Å². The van der Waals surface area contributed by atoms with Crippen LogP contribution in [0.15, 0.2) is 73.1 Å². The zero-order valence-corrected chi connectivity index (χ0v) is 37.1. The Kier molecular flexibility index (Phi) is 36.7. The van der Waals surface area contributed by atoms with E-state index in [1.165, 1.54) is 70.6 Å². The highest BCUT2D eigenvalue weighted by atomic mass is 31.2. The van der Waals surface area contributed by atoms with Gasteiger partial charge in [-0.25, -0.2) is 4.57 Å². The molecule has 0 fully saturated rings. The average molecular weight is 809 g/mol. The van der Waals surface area contributed by atoms with E-state index in [4.69, 9.17) is 18.5 Å². The van der Waals surface area contributed by atoms with Gasteiger partial charge in [-0.15, -0.1) is 0 Å². The lowest BCUT2D eigenvalue weighted by atomic mass is 10.1. The third kappa shape index (κ3) is 41.4. The lowest BCUT2D eigenvalue weighted by molar-refractivity contribution is -0.870. The van der Waals surface area contributed by atoms with E-state index >= 15 is 0 Å². The Morgan fingerprint density at radius 1 is 0.643 bits per heavy atom. The summed E-state index contributed by atoms with van der Waals surface area (Å²) >= 11 is 0. The van der Waals surface area contributed by atoms with Gasteiger partial charge in [-0.1, -0.05) is 120 Å². The number of phosphoric ester groups is 1. The second kappa shape index (κ2) is 38.3. The number of rotatable bonds is 39. The predicted molar refractivity (Wildman–Crippen MR) is 234 cm³/mol. The molecule has 0 bridgehead atoms. The molecule has 0 spiro atoms. The number of esters is 1. The molecule has 0 rings (SSSR count). The van der Waals surface area contributed by atoms with Gasteiger partial charge in [0.15, 0.2) is 6.10 Å². The van der Waals surface area contributed by atoms with E-state index in [0.29, 0.717) is 17.4 Å². The number of nitrogens with zero attached hydrogens (tertiary/aromatic N) is 1. The van der Waals surface area contributed by atoms with Crippen molar-refractivity contribution in [3.8, 4) is 0 Å². The minimum atomic E-state index is -4.32. The quantitative estimate of drug-likeness (QED) is 0.0158. The average Bonchev–Trinajstić information content (AvgIpc) is 3.15. The monoisotopic (exact) mass is 809 g/mol. The van der Waals surface area contributed by atoms with Crippen LogP contribution in [-0.2, 0) is 27.9 Å². The molecule has 0 aromatic carbocycles. The highest BCUT2D eigenvalue weighted by Crippen LogP contribution is 2.43. The van der Waals surface area contributed by atoms with Gasteiger partial charge >= 0.3 is 13.8 Å². The molecule has 0 radical (unpaired) electrons. The van der Waals surface area contributed by atoms with Crippen molar-refractivity contribution in [1.29, 1.82) is 0 Å². The van der Waals surface area contributed by atoms with Gasteiger partial charge < -0.3 is 24.0 Å². The first-order chi connectivity index (χ1) is 27.0. The fraction of sp³-hybridized carbons (Fsp3) is 0.717. The molecule has 0 aliphatic carbocycles. The van der Waals surface area contributed by atoms with Crippen LogP contribution in [0.25, 0.3) is 0 Å². The molecule has 10 heteroatoms. The number of hydrogen-bond donors (Lipinski definition) is 2. The lowest BCUT2D eigenvalue weighted by Crippen LogP contribution is -2.37. The Morgan fingerprint density at radius 2 is 1.14 bits per heavy atom. The molecule has 3 atom stereocenters. The van der Waals surface area contributed by atoms with Crippen LogP contribution < -0.4 is 0 Å². The highest BCUT2D eigenvalue weighted by Gasteiger charge is 2.26. The standard InChI is InChI=1S/C46H82NO8P/c1-6-8-9-10-11-12-13-14-15-18-21-24-27-30-33-36-40-52-42-45(43-54-56(50,51)53-41-39-47(3,4)5)55-46(49)38-35-32-29-26-23-20-17-16-19-22-25-28-31-34-37-44(48)7-2/h12-13,17,19-20,22,26,28-29,31,36,40,44-45,48H,6-11,14-16,18,21,23-25,27,30,32-35,37-39,41-43H2,1-5H3/p+1/b13-12-,20-17-,22-19-,29-26-,31-28-,40-36+/t44-,45-/m1/s1. The number of carbonyl (C=O) groups excluding carboxylic acids is 1. The second-order valence-electron chi connectivity index (χ2n) is 15.6. The molecular formula is C46H83NO8P+. The van der Waals surface area contributed by atoms with Crippen molar-refractivity contribution in [2.75, 3.05) is 47.5 Å². The number of carbonyl (C=O) groups is 1. The predicted octanol–water partition coefficient (Wildman–Crippen LogP) is 12.0. The van der Waals surface area contributed by atoms with E-state index in [2.05, 4.69) is 67.7 Å². The minimum absolute atomic E-state index is 0.0104. The number of hydrogen-bond acceptors (Lipinski definition) is 7. The summed E-state index contributed by atoms with van der Waals surface area (Å²) in [5, 5.41) is 9.57. The molecule has 0 saturated carbocycles. The fourth-order valence-corrected chi connectivity index (χ4v) is 6.11. The third-order valence-electron chi connectivity index (χ3n) is 8.97. The van der Waals surface area contributed by atoms with Crippen LogP contribution in [0.5, 0.6) is 0 Å². The van der Waals surface area contributed by atoms with E-state index in [1.807, 2.05) is 34.1 Å². The number of phosphoric acid groups is 1. The van der Waals surface area contributed by atoms with Crippen LogP contribution in [0, 0.1) is 0 Å². The van der Waals surface area contributed by atoms with Gasteiger partial charge in [0, 0.05) is 6.42 Å². The SMILES string of the molecule is CCCCCC/C=C\CCCCCCCC/C=C/OC[C@H](COP(=O)(O)OCC[N+](C)(C)C)OC(=O)CCC/C=C\C/C=C\C/C=C\C/C=C\CC[C@H](O)CC. The van der Waals surface area contributed by atoms with Crippen molar-refractivity contribution < 1.29 is 42.4 Å². The van der Waals surface area contributed by atoms with Gasteiger partial charge in [-0.3, -0.25) is 13.8 Å².